The number of hydrogen-bond donors (Lipinski definition) is 5. The monoisotopic (exact) mass is 1070 g/mol. The molecular formula is C56H67ClN10O10. The third-order valence-corrected chi connectivity index (χ3v) is 13.5. The van der Waals surface area contributed by atoms with E-state index in [9.17, 15) is 20.1 Å². The van der Waals surface area contributed by atoms with Gasteiger partial charge in [-0.15, -0.1) is 6.42 Å². The topological polar surface area (TPSA) is 235 Å². The van der Waals surface area contributed by atoms with Crippen LogP contribution in [-0.2, 0) is 34.0 Å². The molecule has 0 aliphatic carbocycles. The van der Waals surface area contributed by atoms with E-state index in [1.165, 1.54) is 19.0 Å². The molecule has 7 aromatic rings. The average Bonchev–Trinajstić information content (AvgIpc) is 3.47. The van der Waals surface area contributed by atoms with Crippen molar-refractivity contribution in [2.45, 2.75) is 39.1 Å². The summed E-state index contributed by atoms with van der Waals surface area (Å²) in [4.78, 5) is 42.5. The summed E-state index contributed by atoms with van der Waals surface area (Å²) in [5.74, 6) is 5.12. The van der Waals surface area contributed by atoms with Gasteiger partial charge in [-0.25, -0.2) is 24.9 Å². The number of H-pyrrole nitrogens is 1. The lowest BCUT2D eigenvalue weighted by atomic mass is 10.1. The number of hydrogen-bond acceptors (Lipinski definition) is 19. The Morgan fingerprint density at radius 2 is 1.05 bits per heavy atom. The normalized spacial score (nSPS) is 15.3. The van der Waals surface area contributed by atoms with Gasteiger partial charge in [0.25, 0.3) is 5.56 Å². The molecule has 0 radical (unpaired) electrons. The number of nitrogens with one attached hydrogen (secondary N) is 2. The van der Waals surface area contributed by atoms with Gasteiger partial charge in [0.05, 0.1) is 108 Å². The van der Waals surface area contributed by atoms with Crippen LogP contribution in [0.1, 0.15) is 41.5 Å². The predicted molar refractivity (Wildman–Crippen MR) is 294 cm³/mol. The molecule has 3 saturated heterocycles. The average molecular weight is 1080 g/mol. The van der Waals surface area contributed by atoms with Gasteiger partial charge in [-0.1, -0.05) is 23.6 Å². The fourth-order valence-corrected chi connectivity index (χ4v) is 9.14. The minimum absolute atomic E-state index is 0.101. The Labute approximate surface area is 452 Å². The van der Waals surface area contributed by atoms with Gasteiger partial charge in [0.2, 0.25) is 0 Å². The molecule has 408 valence electrons. The van der Waals surface area contributed by atoms with Crippen LogP contribution in [0.5, 0.6) is 17.2 Å². The number of aromatic amines is 1. The fourth-order valence-electron chi connectivity index (χ4n) is 8.94. The third kappa shape index (κ3) is 16.5. The van der Waals surface area contributed by atoms with Gasteiger partial charge in [0.1, 0.15) is 40.9 Å². The van der Waals surface area contributed by atoms with E-state index in [0.717, 1.165) is 145 Å². The van der Waals surface area contributed by atoms with E-state index in [1.807, 2.05) is 36.4 Å². The molecule has 21 heteroatoms. The lowest BCUT2D eigenvalue weighted by Gasteiger charge is -2.26. The minimum Gasteiger partial charge on any atom is -0.493 e. The van der Waals surface area contributed by atoms with Crippen molar-refractivity contribution < 1.29 is 43.7 Å². The Morgan fingerprint density at radius 3 is 1.55 bits per heavy atom. The first-order valence-corrected chi connectivity index (χ1v) is 26.4. The number of aliphatic hydroxyl groups is 3. The fraction of sp³-hybridized carbons (Fsp3) is 0.429. The van der Waals surface area contributed by atoms with Gasteiger partial charge in [-0.2, -0.15) is 0 Å². The summed E-state index contributed by atoms with van der Waals surface area (Å²) in [6, 6.07) is 18.3. The van der Waals surface area contributed by atoms with Crippen LogP contribution in [0.4, 0.5) is 11.5 Å². The minimum atomic E-state index is -0.211. The molecule has 3 aromatic heterocycles. The maximum Gasteiger partial charge on any atom is 0.258 e. The van der Waals surface area contributed by atoms with Gasteiger partial charge < -0.3 is 54.0 Å². The molecule has 0 saturated carbocycles. The zero-order chi connectivity index (χ0) is 53.6. The third-order valence-electron chi connectivity index (χ3n) is 13.2. The second-order valence-corrected chi connectivity index (χ2v) is 18.7. The smallest absolute Gasteiger partial charge is 0.258 e. The number of morpholine rings is 3. The second kappa shape index (κ2) is 29.8. The summed E-state index contributed by atoms with van der Waals surface area (Å²) < 4.78 is 33.7. The molecule has 3 aliphatic rings. The summed E-state index contributed by atoms with van der Waals surface area (Å²) in [6.07, 6.45) is 12.5. The number of aliphatic hydroxyl groups excluding tert-OH is 3. The number of terminal acetylenes is 1. The number of ether oxygens (including phenoxy) is 6. The van der Waals surface area contributed by atoms with Crippen molar-refractivity contribution in [1.29, 1.82) is 0 Å². The summed E-state index contributed by atoms with van der Waals surface area (Å²) in [6.45, 7) is 14.8. The molecule has 0 amide bonds. The van der Waals surface area contributed by atoms with Crippen molar-refractivity contribution in [3.63, 3.8) is 0 Å². The van der Waals surface area contributed by atoms with Gasteiger partial charge >= 0.3 is 0 Å². The molecule has 20 nitrogen and oxygen atoms in total. The van der Waals surface area contributed by atoms with Gasteiger partial charge in [-0.3, -0.25) is 19.5 Å². The highest BCUT2D eigenvalue weighted by Crippen LogP contribution is 2.32. The van der Waals surface area contributed by atoms with Crippen molar-refractivity contribution in [2.24, 2.45) is 0 Å². The number of halogens is 1. The van der Waals surface area contributed by atoms with E-state index in [1.54, 1.807) is 24.3 Å². The first kappa shape index (κ1) is 56.6. The van der Waals surface area contributed by atoms with Crippen LogP contribution in [-0.4, -0.2) is 178 Å². The molecule has 10 rings (SSSR count). The van der Waals surface area contributed by atoms with Crippen LogP contribution < -0.4 is 25.1 Å². The Bertz CT molecular complexity index is 3090. The zero-order valence-corrected chi connectivity index (χ0v) is 44.0. The number of anilines is 2. The van der Waals surface area contributed by atoms with E-state index >= 15 is 0 Å². The molecular weight excluding hydrogens is 1010 g/mol. The largest absolute Gasteiger partial charge is 0.493 e. The molecule has 0 bridgehead atoms. The molecule has 3 fully saturated rings. The number of rotatable bonds is 20. The number of fused-ring (bicyclic) bond motifs is 3. The van der Waals surface area contributed by atoms with Crippen LogP contribution in [0.3, 0.4) is 0 Å². The number of aromatic nitrogens is 6. The first-order valence-electron chi connectivity index (χ1n) is 26.0. The van der Waals surface area contributed by atoms with Crippen LogP contribution in [0.15, 0.2) is 84.4 Å². The molecule has 4 aromatic carbocycles. The van der Waals surface area contributed by atoms with Crippen molar-refractivity contribution in [3.05, 3.63) is 117 Å². The number of nitrogens with zero attached hydrogens (tertiary/aromatic N) is 8. The molecule has 6 heterocycles. The first-order chi connectivity index (χ1) is 37.8. The molecule has 0 spiro atoms. The second-order valence-electron chi connectivity index (χ2n) is 18.3. The lowest BCUT2D eigenvalue weighted by molar-refractivity contribution is 0.0357. The van der Waals surface area contributed by atoms with E-state index in [2.05, 4.69) is 55.8 Å². The number of benzene rings is 4. The molecule has 3 aliphatic heterocycles. The zero-order valence-electron chi connectivity index (χ0n) is 43.2. The molecule has 5 N–H and O–H groups in total. The SMILES string of the molecule is C#Cc1cccc(Nc2ncnc3cc(CO)c(OCCCN4CCOCC4)cc23)c1.O=c1[nH]cnc2cc(CO)c(OCCCN3CCOCC3)cc12.OCc1cc2ncnc(Cl)c2cc1OCCCN1CCOCC1. The maximum absolute atomic E-state index is 11.8. The summed E-state index contributed by atoms with van der Waals surface area (Å²) in [5, 5.41) is 34.6. The quantitative estimate of drug-likeness (QED) is 0.0368. The van der Waals surface area contributed by atoms with Gasteiger partial charge in [0.15, 0.2) is 0 Å². The van der Waals surface area contributed by atoms with E-state index in [0.29, 0.717) is 81.2 Å². The highest BCUT2D eigenvalue weighted by molar-refractivity contribution is 6.34. The van der Waals surface area contributed by atoms with Crippen LogP contribution in [0.25, 0.3) is 32.7 Å². The van der Waals surface area contributed by atoms with E-state index in [-0.39, 0.29) is 25.4 Å². The summed E-state index contributed by atoms with van der Waals surface area (Å²) in [5.41, 5.74) is 5.46. The Balaban J connectivity index is 0.000000155. The van der Waals surface area contributed by atoms with Crippen molar-refractivity contribution in [3.8, 4) is 29.6 Å². The molecule has 0 atom stereocenters. The highest BCUT2D eigenvalue weighted by Gasteiger charge is 2.16. The highest BCUT2D eigenvalue weighted by atomic mass is 35.5. The summed E-state index contributed by atoms with van der Waals surface area (Å²) in [7, 11) is 0. The molecule has 77 heavy (non-hydrogen) atoms. The standard InChI is InChI=1S/C24H26N4O3.C16H20ClN3O3.C16H21N3O4/c1-2-18-5-3-6-20(13-18)27-24-21-15-23(19(16-29)14-22(21)25-17-26-24)31-10-4-7-28-8-11-30-12-9-28;17-16-13-9-15(12(10-21)8-14(13)18-11-19-16)23-5-1-2-20-3-6-22-7-4-20;20-10-12-8-14-13(16(21)18-11-17-14)9-15(12)23-5-1-2-19-3-6-22-7-4-19/h1,3,5-6,13-15,17,29H,4,7-12,16H2,(H,25,26,27);8-9,11,21H,1-7,10H2;8-9,11,20H,1-7,10H2,(H,17,18,21). The maximum atomic E-state index is 11.8. The van der Waals surface area contributed by atoms with Gasteiger partial charge in [0, 0.05) is 97.6 Å². The Morgan fingerprint density at radius 1 is 0.597 bits per heavy atom. The van der Waals surface area contributed by atoms with E-state index < -0.39 is 0 Å². The Hall–Kier alpha value is -6.61. The van der Waals surface area contributed by atoms with Crippen LogP contribution >= 0.6 is 11.6 Å². The Kier molecular flexibility index (Phi) is 21.9. The van der Waals surface area contributed by atoms with E-state index in [4.69, 9.17) is 46.4 Å². The van der Waals surface area contributed by atoms with Gasteiger partial charge in [-0.05, 0) is 73.9 Å². The van der Waals surface area contributed by atoms with Crippen LogP contribution in [0, 0.1) is 12.3 Å². The van der Waals surface area contributed by atoms with Crippen molar-refractivity contribution >= 4 is 55.8 Å². The predicted octanol–water partition coefficient (Wildman–Crippen LogP) is 5.34. The lowest BCUT2D eigenvalue weighted by Crippen LogP contribution is -2.37. The van der Waals surface area contributed by atoms with Crippen molar-refractivity contribution in [1.82, 2.24) is 44.6 Å². The van der Waals surface area contributed by atoms with Crippen LogP contribution in [0.2, 0.25) is 5.15 Å². The molecule has 0 unspecified atom stereocenters. The van der Waals surface area contributed by atoms with Crippen molar-refractivity contribution in [2.75, 3.05) is 124 Å². The summed E-state index contributed by atoms with van der Waals surface area (Å²) >= 11 is 6.10.